The Kier molecular flexibility index (Phi) is 15.4. The van der Waals surface area contributed by atoms with Crippen LogP contribution in [0.15, 0.2) is 66.7 Å². The van der Waals surface area contributed by atoms with Crippen LogP contribution in [0.3, 0.4) is 0 Å². The fourth-order valence-electron chi connectivity index (χ4n) is 7.55. The van der Waals surface area contributed by atoms with Gasteiger partial charge in [0.15, 0.2) is 23.0 Å². The highest BCUT2D eigenvalue weighted by Gasteiger charge is 2.39. The summed E-state index contributed by atoms with van der Waals surface area (Å²) in [6, 6.07) is 19.9. The first-order valence-corrected chi connectivity index (χ1v) is 20.8. The number of amides is 1. The van der Waals surface area contributed by atoms with Crippen molar-refractivity contribution in [2.45, 2.75) is 50.2 Å². The number of carbonyl (C=O) groups is 2. The van der Waals surface area contributed by atoms with Gasteiger partial charge in [-0.05, 0) is 97.3 Å². The summed E-state index contributed by atoms with van der Waals surface area (Å²) in [7, 11) is 7.80. The van der Waals surface area contributed by atoms with Gasteiger partial charge in [0, 0.05) is 31.1 Å². The highest BCUT2D eigenvalue weighted by atomic mass is 35.5. The van der Waals surface area contributed by atoms with Crippen LogP contribution in [-0.4, -0.2) is 109 Å². The molecule has 12 nitrogen and oxygen atoms in total. The summed E-state index contributed by atoms with van der Waals surface area (Å²) in [5.74, 6) is 1.68. The number of likely N-dealkylation sites (tertiary alicyclic amines) is 1. The molecule has 1 amide bonds. The minimum atomic E-state index is -0.808. The van der Waals surface area contributed by atoms with Gasteiger partial charge in [0.2, 0.25) is 11.7 Å². The van der Waals surface area contributed by atoms with Crippen molar-refractivity contribution in [3.63, 3.8) is 0 Å². The Labute approximate surface area is 349 Å². The molecule has 3 atom stereocenters. The molecular weight excluding hydrogens is 784 g/mol. The number of benzene rings is 3. The van der Waals surface area contributed by atoms with Crippen molar-refractivity contribution < 1.29 is 47.5 Å². The lowest BCUT2D eigenvalue weighted by Gasteiger charge is -2.37. The van der Waals surface area contributed by atoms with E-state index in [-0.39, 0.29) is 5.91 Å². The second-order valence-electron chi connectivity index (χ2n) is 14.1. The van der Waals surface area contributed by atoms with Crippen molar-refractivity contribution in [2.24, 2.45) is 0 Å². The Morgan fingerprint density at radius 2 is 1.55 bits per heavy atom. The van der Waals surface area contributed by atoms with E-state index in [2.05, 4.69) is 4.90 Å². The van der Waals surface area contributed by atoms with Crippen molar-refractivity contribution in [1.82, 2.24) is 9.80 Å². The smallest absolute Gasteiger partial charge is 0.329 e. The van der Waals surface area contributed by atoms with E-state index in [1.165, 1.54) is 32.7 Å². The molecule has 0 N–H and O–H groups in total. The van der Waals surface area contributed by atoms with E-state index in [0.717, 1.165) is 61.7 Å². The Hall–Kier alpha value is -4.69. The first-order valence-electron chi connectivity index (χ1n) is 19.6. The molecule has 3 aromatic carbocycles. The molecule has 312 valence electrons. The highest BCUT2D eigenvalue weighted by Crippen LogP contribution is 2.44. The van der Waals surface area contributed by atoms with Crippen LogP contribution in [0.5, 0.6) is 34.5 Å². The summed E-state index contributed by atoms with van der Waals surface area (Å²) >= 11 is 7.76. The standard InChI is InChI=1S/C44H53ClN2O10S/c1-50-35-15-13-29(25-36(35)51-2)12-14-34(30-9-8-10-32(26-30)56-24-21-46-19-22-55-23-20-46)57-44(49)33-11-6-7-18-47(33)43(48)41(39-16-17-40(45)58-39)31-27-37(52-3)42(54-5)38(28-31)53-4/h8-10,13,15-17,25-28,33-34,41H,6-7,11-12,14,18-24H2,1-5H3. The van der Waals surface area contributed by atoms with Crippen LogP contribution >= 0.6 is 22.9 Å². The SMILES string of the molecule is COc1ccc(CCC(OC(=O)C2CCCCN2C(=O)C(c2cc(OC)c(OC)c(OC)c2)c2ccc(Cl)s2)c2cccc(OCCN3CCOCC3)c2)cc1OC. The van der Waals surface area contributed by atoms with Crippen LogP contribution in [-0.2, 0) is 25.5 Å². The zero-order chi connectivity index (χ0) is 41.0. The average Bonchev–Trinajstić information content (AvgIpc) is 3.69. The van der Waals surface area contributed by atoms with Crippen molar-refractivity contribution in [3.05, 3.63) is 92.6 Å². The molecule has 58 heavy (non-hydrogen) atoms. The molecule has 3 heterocycles. The van der Waals surface area contributed by atoms with Crippen LogP contribution in [0.2, 0.25) is 4.34 Å². The molecule has 4 aromatic rings. The molecule has 2 fully saturated rings. The number of ether oxygens (including phenoxy) is 8. The maximum atomic E-state index is 14.9. The summed E-state index contributed by atoms with van der Waals surface area (Å²) in [5, 5.41) is 0. The molecule has 1 aromatic heterocycles. The molecule has 0 saturated carbocycles. The lowest BCUT2D eigenvalue weighted by Crippen LogP contribution is -2.50. The van der Waals surface area contributed by atoms with Gasteiger partial charge in [-0.3, -0.25) is 9.69 Å². The van der Waals surface area contributed by atoms with Crippen molar-refractivity contribution in [3.8, 4) is 34.5 Å². The predicted molar refractivity (Wildman–Crippen MR) is 223 cm³/mol. The molecule has 0 radical (unpaired) electrons. The summed E-state index contributed by atoms with van der Waals surface area (Å²) in [5.41, 5.74) is 2.41. The topological polar surface area (TPSA) is 114 Å². The predicted octanol–water partition coefficient (Wildman–Crippen LogP) is 7.59. The first-order chi connectivity index (χ1) is 28.3. The van der Waals surface area contributed by atoms with E-state index >= 15 is 0 Å². The summed E-state index contributed by atoms with van der Waals surface area (Å²) in [6.07, 6.45) is 2.40. The van der Waals surface area contributed by atoms with E-state index in [9.17, 15) is 9.59 Å². The molecule has 6 rings (SSSR count). The summed E-state index contributed by atoms with van der Waals surface area (Å²) < 4.78 is 46.6. The second kappa shape index (κ2) is 20.8. The third-order valence-corrected chi connectivity index (χ3v) is 11.9. The molecular formula is C44H53ClN2O10S. The van der Waals surface area contributed by atoms with Crippen LogP contribution in [0.4, 0.5) is 0 Å². The van der Waals surface area contributed by atoms with Gasteiger partial charge < -0.3 is 42.8 Å². The minimum Gasteiger partial charge on any atom is -0.493 e. The van der Waals surface area contributed by atoms with E-state index < -0.39 is 24.0 Å². The number of rotatable bonds is 18. The number of carbonyl (C=O) groups excluding carboxylic acids is 2. The van der Waals surface area contributed by atoms with Gasteiger partial charge in [-0.2, -0.15) is 0 Å². The molecule has 14 heteroatoms. The number of halogens is 1. The Morgan fingerprint density at radius 1 is 0.810 bits per heavy atom. The fourth-order valence-corrected chi connectivity index (χ4v) is 8.74. The minimum absolute atomic E-state index is 0.244. The van der Waals surface area contributed by atoms with Crippen molar-refractivity contribution >= 4 is 34.8 Å². The number of piperidine rings is 1. The van der Waals surface area contributed by atoms with E-state index in [4.69, 9.17) is 49.5 Å². The van der Waals surface area contributed by atoms with Gasteiger partial charge in [0.1, 0.15) is 24.5 Å². The molecule has 2 saturated heterocycles. The van der Waals surface area contributed by atoms with E-state index in [1.54, 1.807) is 37.3 Å². The van der Waals surface area contributed by atoms with Crippen LogP contribution in [0, 0.1) is 0 Å². The normalized spacial score (nSPS) is 16.9. The molecule has 2 aliphatic rings. The van der Waals surface area contributed by atoms with Crippen LogP contribution in [0.1, 0.15) is 59.3 Å². The Bertz CT molecular complexity index is 1960. The van der Waals surface area contributed by atoms with Crippen LogP contribution < -0.4 is 28.4 Å². The number of nitrogens with zero attached hydrogens (tertiary/aromatic N) is 2. The lowest BCUT2D eigenvalue weighted by atomic mass is 9.92. The highest BCUT2D eigenvalue weighted by molar-refractivity contribution is 7.16. The largest absolute Gasteiger partial charge is 0.493 e. The van der Waals surface area contributed by atoms with Gasteiger partial charge in [-0.15, -0.1) is 11.3 Å². The fraction of sp³-hybridized carbons (Fsp3) is 0.455. The van der Waals surface area contributed by atoms with E-state index in [0.29, 0.717) is 76.8 Å². The number of aryl methyl sites for hydroxylation is 1. The number of methoxy groups -OCH3 is 5. The third kappa shape index (κ3) is 10.5. The maximum absolute atomic E-state index is 14.9. The molecule has 0 bridgehead atoms. The maximum Gasteiger partial charge on any atom is 0.329 e. The molecule has 2 aliphatic heterocycles. The number of hydrogen-bond acceptors (Lipinski definition) is 12. The zero-order valence-corrected chi connectivity index (χ0v) is 35.4. The van der Waals surface area contributed by atoms with Gasteiger partial charge in [-0.1, -0.05) is 29.8 Å². The number of esters is 1. The Balaban J connectivity index is 1.27. The molecule has 3 unspecified atom stereocenters. The molecule has 0 aliphatic carbocycles. The second-order valence-corrected chi connectivity index (χ2v) is 15.9. The number of hydrogen-bond donors (Lipinski definition) is 0. The van der Waals surface area contributed by atoms with Gasteiger partial charge in [0.25, 0.3) is 0 Å². The van der Waals surface area contributed by atoms with Crippen LogP contribution in [0.25, 0.3) is 0 Å². The van der Waals surface area contributed by atoms with Crippen molar-refractivity contribution in [2.75, 3.05) is 81.5 Å². The molecule has 0 spiro atoms. The number of morpholine rings is 1. The quantitative estimate of drug-likeness (QED) is 0.0925. The van der Waals surface area contributed by atoms with Gasteiger partial charge in [-0.25, -0.2) is 4.79 Å². The average molecular weight is 837 g/mol. The van der Waals surface area contributed by atoms with E-state index in [1.807, 2.05) is 48.5 Å². The summed E-state index contributed by atoms with van der Waals surface area (Å²) in [4.78, 5) is 34.2. The zero-order valence-electron chi connectivity index (χ0n) is 33.8. The van der Waals surface area contributed by atoms with Gasteiger partial charge >= 0.3 is 5.97 Å². The lowest BCUT2D eigenvalue weighted by molar-refractivity contribution is -0.162. The summed E-state index contributed by atoms with van der Waals surface area (Å²) in [6.45, 7) is 4.89. The third-order valence-electron chi connectivity index (χ3n) is 10.6. The monoisotopic (exact) mass is 836 g/mol. The van der Waals surface area contributed by atoms with Crippen molar-refractivity contribution in [1.29, 1.82) is 0 Å². The first kappa shape index (κ1) is 42.9. The van der Waals surface area contributed by atoms with Gasteiger partial charge in [0.05, 0.1) is 59.0 Å². The number of thiophene rings is 1. The Morgan fingerprint density at radius 3 is 2.22 bits per heavy atom.